The standard InChI is InChI=1S/C21H22N4O2S/c1-28(26,27)25-13-16-12-24(14-17(16)21(25)15-7-3-2-4-8-15)20-11-22-18-9-5-6-10-19(18)23-20/h2-11,16-17,21H,12-14H2,1H3/t16-,17-,21+/m1/s1. The molecule has 2 fully saturated rings. The van der Waals surface area contributed by atoms with Crippen LogP contribution in [-0.2, 0) is 10.0 Å². The summed E-state index contributed by atoms with van der Waals surface area (Å²) >= 11 is 0. The molecule has 0 saturated carbocycles. The van der Waals surface area contributed by atoms with Crippen LogP contribution in [-0.4, -0.2) is 48.6 Å². The number of hydrogen-bond donors (Lipinski definition) is 0. The highest BCUT2D eigenvalue weighted by atomic mass is 32.2. The van der Waals surface area contributed by atoms with E-state index >= 15 is 0 Å². The Balaban J connectivity index is 1.48. The van der Waals surface area contributed by atoms with Crippen molar-refractivity contribution in [3.05, 3.63) is 66.4 Å². The average molecular weight is 395 g/mol. The molecule has 0 N–H and O–H groups in total. The molecule has 6 nitrogen and oxygen atoms in total. The molecule has 7 heteroatoms. The summed E-state index contributed by atoms with van der Waals surface area (Å²) in [4.78, 5) is 11.6. The van der Waals surface area contributed by atoms with Crippen LogP contribution in [0.2, 0.25) is 0 Å². The van der Waals surface area contributed by atoms with E-state index in [0.717, 1.165) is 35.5 Å². The van der Waals surface area contributed by atoms with Crippen molar-refractivity contribution in [3.63, 3.8) is 0 Å². The maximum Gasteiger partial charge on any atom is 0.211 e. The van der Waals surface area contributed by atoms with E-state index in [4.69, 9.17) is 4.98 Å². The van der Waals surface area contributed by atoms with Gasteiger partial charge in [0.1, 0.15) is 5.82 Å². The minimum absolute atomic E-state index is 0.125. The summed E-state index contributed by atoms with van der Waals surface area (Å²) in [5.74, 6) is 1.39. The van der Waals surface area contributed by atoms with Gasteiger partial charge in [0.05, 0.1) is 29.5 Å². The van der Waals surface area contributed by atoms with Gasteiger partial charge >= 0.3 is 0 Å². The molecule has 0 radical (unpaired) electrons. The molecule has 2 saturated heterocycles. The number of benzene rings is 2. The molecule has 2 aromatic carbocycles. The lowest BCUT2D eigenvalue weighted by Crippen LogP contribution is -2.35. The molecular weight excluding hydrogens is 372 g/mol. The molecule has 1 aromatic heterocycles. The molecule has 0 amide bonds. The van der Waals surface area contributed by atoms with Gasteiger partial charge in [-0.15, -0.1) is 0 Å². The summed E-state index contributed by atoms with van der Waals surface area (Å²) in [5, 5.41) is 0. The first-order valence-corrected chi connectivity index (χ1v) is 11.3. The van der Waals surface area contributed by atoms with E-state index < -0.39 is 10.0 Å². The number of nitrogens with zero attached hydrogens (tertiary/aromatic N) is 4. The minimum atomic E-state index is -3.27. The SMILES string of the molecule is CS(=O)(=O)N1C[C@H]2CN(c3cnc4ccccc4n3)C[C@H]2[C@@H]1c1ccccc1. The van der Waals surface area contributed by atoms with Crippen LogP contribution < -0.4 is 4.90 Å². The highest BCUT2D eigenvalue weighted by molar-refractivity contribution is 7.88. The molecule has 0 aliphatic carbocycles. The smallest absolute Gasteiger partial charge is 0.211 e. The van der Waals surface area contributed by atoms with Crippen LogP contribution in [0.4, 0.5) is 5.82 Å². The molecule has 0 unspecified atom stereocenters. The number of rotatable bonds is 3. The van der Waals surface area contributed by atoms with Crippen molar-refractivity contribution in [1.29, 1.82) is 0 Å². The van der Waals surface area contributed by atoms with Crippen molar-refractivity contribution in [2.75, 3.05) is 30.8 Å². The second-order valence-electron chi connectivity index (χ2n) is 7.73. The summed E-state index contributed by atoms with van der Waals surface area (Å²) in [6, 6.07) is 17.7. The Morgan fingerprint density at radius 1 is 0.929 bits per heavy atom. The van der Waals surface area contributed by atoms with Gasteiger partial charge in [-0.1, -0.05) is 42.5 Å². The number of hydrogen-bond acceptors (Lipinski definition) is 5. The van der Waals surface area contributed by atoms with E-state index in [9.17, 15) is 8.42 Å². The lowest BCUT2D eigenvalue weighted by molar-refractivity contribution is 0.352. The third-order valence-electron chi connectivity index (χ3n) is 5.95. The predicted octanol–water partition coefficient (Wildman–Crippen LogP) is 2.70. The van der Waals surface area contributed by atoms with Gasteiger partial charge in [-0.05, 0) is 23.6 Å². The van der Waals surface area contributed by atoms with Crippen molar-refractivity contribution in [3.8, 4) is 0 Å². The highest BCUT2D eigenvalue weighted by Gasteiger charge is 2.50. The monoisotopic (exact) mass is 394 g/mol. The van der Waals surface area contributed by atoms with Gasteiger partial charge in [-0.2, -0.15) is 4.31 Å². The summed E-state index contributed by atoms with van der Waals surface area (Å²) in [7, 11) is -3.27. The van der Waals surface area contributed by atoms with Crippen LogP contribution in [0.15, 0.2) is 60.8 Å². The Kier molecular flexibility index (Phi) is 4.10. The molecule has 0 bridgehead atoms. The van der Waals surface area contributed by atoms with Gasteiger partial charge in [0.25, 0.3) is 0 Å². The maximum atomic E-state index is 12.4. The van der Waals surface area contributed by atoms with Crippen molar-refractivity contribution in [2.24, 2.45) is 11.8 Å². The summed E-state index contributed by atoms with van der Waals surface area (Å²) < 4.78 is 26.6. The van der Waals surface area contributed by atoms with Crippen LogP contribution in [0.5, 0.6) is 0 Å². The molecule has 3 aromatic rings. The molecule has 2 aliphatic rings. The fourth-order valence-corrected chi connectivity index (χ4v) is 5.85. The van der Waals surface area contributed by atoms with Gasteiger partial charge in [0.2, 0.25) is 10.0 Å². The Bertz CT molecular complexity index is 1120. The number of fused-ring (bicyclic) bond motifs is 2. The topological polar surface area (TPSA) is 66.4 Å². The van der Waals surface area contributed by atoms with E-state index in [1.165, 1.54) is 6.26 Å². The summed E-state index contributed by atoms with van der Waals surface area (Å²) in [6.07, 6.45) is 3.14. The Morgan fingerprint density at radius 3 is 2.39 bits per heavy atom. The Labute approximate surface area is 164 Å². The molecule has 28 heavy (non-hydrogen) atoms. The normalized spacial score (nSPS) is 25.3. The third-order valence-corrected chi connectivity index (χ3v) is 7.18. The molecule has 3 heterocycles. The van der Waals surface area contributed by atoms with Crippen molar-refractivity contribution < 1.29 is 8.42 Å². The fraction of sp³-hybridized carbons (Fsp3) is 0.333. The van der Waals surface area contributed by atoms with Gasteiger partial charge in [-0.3, -0.25) is 4.98 Å². The number of aromatic nitrogens is 2. The van der Waals surface area contributed by atoms with Gasteiger partial charge in [-0.25, -0.2) is 13.4 Å². The lowest BCUT2D eigenvalue weighted by atomic mass is 9.90. The van der Waals surface area contributed by atoms with Crippen LogP contribution in [0, 0.1) is 11.8 Å². The largest absolute Gasteiger partial charge is 0.355 e. The lowest BCUT2D eigenvalue weighted by Gasteiger charge is -2.28. The first-order valence-electron chi connectivity index (χ1n) is 9.49. The van der Waals surface area contributed by atoms with E-state index in [0.29, 0.717) is 6.54 Å². The molecule has 144 valence electrons. The zero-order valence-electron chi connectivity index (χ0n) is 15.6. The van der Waals surface area contributed by atoms with Crippen LogP contribution in [0.1, 0.15) is 11.6 Å². The van der Waals surface area contributed by atoms with Crippen molar-refractivity contribution in [1.82, 2.24) is 14.3 Å². The van der Waals surface area contributed by atoms with E-state index in [-0.39, 0.29) is 17.9 Å². The Morgan fingerprint density at radius 2 is 1.64 bits per heavy atom. The molecule has 5 rings (SSSR count). The summed E-state index contributed by atoms with van der Waals surface area (Å²) in [5.41, 5.74) is 2.83. The molecule has 3 atom stereocenters. The second-order valence-corrected chi connectivity index (χ2v) is 9.67. The van der Waals surface area contributed by atoms with Crippen molar-refractivity contribution >= 4 is 26.9 Å². The van der Waals surface area contributed by atoms with Crippen LogP contribution >= 0.6 is 0 Å². The van der Waals surface area contributed by atoms with Gasteiger partial charge < -0.3 is 4.90 Å². The molecular formula is C21H22N4O2S. The van der Waals surface area contributed by atoms with Gasteiger partial charge in [0.15, 0.2) is 0 Å². The maximum absolute atomic E-state index is 12.4. The zero-order valence-corrected chi connectivity index (χ0v) is 16.5. The first-order chi connectivity index (χ1) is 13.5. The van der Waals surface area contributed by atoms with E-state index in [1.807, 2.05) is 60.8 Å². The first kappa shape index (κ1) is 17.6. The van der Waals surface area contributed by atoms with Crippen LogP contribution in [0.25, 0.3) is 11.0 Å². The van der Waals surface area contributed by atoms with Gasteiger partial charge in [0, 0.05) is 25.6 Å². The zero-order chi connectivity index (χ0) is 19.3. The molecule has 0 spiro atoms. The average Bonchev–Trinajstić information content (AvgIpc) is 3.26. The Hall–Kier alpha value is -2.51. The van der Waals surface area contributed by atoms with Crippen molar-refractivity contribution in [2.45, 2.75) is 6.04 Å². The quantitative estimate of drug-likeness (QED) is 0.683. The third kappa shape index (κ3) is 2.95. The van der Waals surface area contributed by atoms with E-state index in [1.54, 1.807) is 4.31 Å². The predicted molar refractivity (Wildman–Crippen MR) is 109 cm³/mol. The molecule has 2 aliphatic heterocycles. The van der Waals surface area contributed by atoms with Crippen LogP contribution in [0.3, 0.4) is 0 Å². The fourth-order valence-electron chi connectivity index (χ4n) is 4.70. The highest BCUT2D eigenvalue weighted by Crippen LogP contribution is 2.46. The minimum Gasteiger partial charge on any atom is -0.355 e. The summed E-state index contributed by atoms with van der Waals surface area (Å²) in [6.45, 7) is 2.14. The van der Waals surface area contributed by atoms with E-state index in [2.05, 4.69) is 9.88 Å². The number of sulfonamides is 1. The second kappa shape index (κ2) is 6.53. The number of para-hydroxylation sites is 2. The number of anilines is 1.